The molecular formula is C40H81NO3Si. The van der Waals surface area contributed by atoms with E-state index >= 15 is 0 Å². The fraction of sp³-hybridized carbons (Fsp3) is 0.925. The summed E-state index contributed by atoms with van der Waals surface area (Å²) in [5.74, 6) is 0.0248. The molecule has 0 aromatic rings. The van der Waals surface area contributed by atoms with Gasteiger partial charge >= 0.3 is 0 Å². The number of rotatable bonds is 33. The third-order valence-corrected chi connectivity index (χ3v) is 14.8. The van der Waals surface area contributed by atoms with E-state index in [0.717, 1.165) is 25.7 Å². The Kier molecular flexibility index (Phi) is 29.1. The Bertz CT molecular complexity index is 688. The monoisotopic (exact) mass is 652 g/mol. The van der Waals surface area contributed by atoms with Crippen LogP contribution in [-0.2, 0) is 9.22 Å². The van der Waals surface area contributed by atoms with Crippen molar-refractivity contribution in [2.75, 3.05) is 6.61 Å². The maximum atomic E-state index is 11.9. The van der Waals surface area contributed by atoms with E-state index in [2.05, 4.69) is 52.9 Å². The van der Waals surface area contributed by atoms with E-state index in [-0.39, 0.29) is 29.6 Å². The maximum absolute atomic E-state index is 11.9. The molecule has 0 heterocycles. The molecule has 0 rings (SSSR count). The van der Waals surface area contributed by atoms with Crippen LogP contribution >= 0.6 is 0 Å². The van der Waals surface area contributed by atoms with Crippen LogP contribution in [0.5, 0.6) is 0 Å². The van der Waals surface area contributed by atoms with Crippen LogP contribution in [0.1, 0.15) is 201 Å². The van der Waals surface area contributed by atoms with Crippen molar-refractivity contribution in [1.29, 1.82) is 0 Å². The van der Waals surface area contributed by atoms with Crippen LogP contribution in [0.25, 0.3) is 0 Å². The lowest BCUT2D eigenvalue weighted by atomic mass is 9.93. The number of unbranched alkanes of at least 4 members (excludes halogenated alkanes) is 22. The Labute approximate surface area is 283 Å². The fourth-order valence-corrected chi connectivity index (χ4v) is 7.34. The van der Waals surface area contributed by atoms with Crippen molar-refractivity contribution in [3.05, 3.63) is 12.2 Å². The lowest BCUT2D eigenvalue weighted by molar-refractivity contribution is -0.122. The number of aliphatic hydroxyl groups excluding tert-OH is 1. The number of nitrogens with two attached hydrogens (primary N) is 1. The van der Waals surface area contributed by atoms with E-state index in [9.17, 15) is 9.90 Å². The summed E-state index contributed by atoms with van der Waals surface area (Å²) >= 11 is 0. The largest absolute Gasteiger partial charge is 0.410 e. The molecule has 0 saturated carbocycles. The molecule has 0 aliphatic rings. The predicted octanol–water partition coefficient (Wildman–Crippen LogP) is 12.6. The Balaban J connectivity index is 3.67. The van der Waals surface area contributed by atoms with Crippen LogP contribution < -0.4 is 5.73 Å². The molecule has 268 valence electrons. The minimum atomic E-state index is -1.81. The van der Waals surface area contributed by atoms with Gasteiger partial charge in [0.05, 0.1) is 6.10 Å². The molecule has 4 nitrogen and oxygen atoms in total. The second-order valence-corrected chi connectivity index (χ2v) is 20.4. The Morgan fingerprint density at radius 1 is 0.667 bits per heavy atom. The van der Waals surface area contributed by atoms with Crippen LogP contribution in [0.4, 0.5) is 0 Å². The number of allylic oxidation sites excluding steroid dienone is 1. The number of aliphatic hydroxyl groups is 1. The number of amides is 1. The molecule has 1 amide bonds. The third kappa shape index (κ3) is 27.0. The first-order valence-electron chi connectivity index (χ1n) is 19.8. The van der Waals surface area contributed by atoms with Crippen molar-refractivity contribution in [3.63, 3.8) is 0 Å². The number of carbonyl (C=O) groups excluding carboxylic acids is 1. The van der Waals surface area contributed by atoms with Gasteiger partial charge in [0.25, 0.3) is 0 Å². The van der Waals surface area contributed by atoms with Gasteiger partial charge in [-0.15, -0.1) is 0 Å². The van der Waals surface area contributed by atoms with Gasteiger partial charge in [-0.2, -0.15) is 0 Å². The molecule has 0 radical (unpaired) electrons. The Morgan fingerprint density at radius 3 is 1.40 bits per heavy atom. The second-order valence-electron chi connectivity index (χ2n) is 15.6. The average molecular weight is 652 g/mol. The molecule has 45 heavy (non-hydrogen) atoms. The zero-order chi connectivity index (χ0) is 33.7. The second kappa shape index (κ2) is 29.5. The molecule has 1 unspecified atom stereocenters. The summed E-state index contributed by atoms with van der Waals surface area (Å²) in [5.41, 5.74) is 5.73. The topological polar surface area (TPSA) is 72.6 Å². The maximum Gasteiger partial charge on any atom is 0.220 e. The summed E-state index contributed by atoms with van der Waals surface area (Å²) in [6.45, 7) is 13.8. The lowest BCUT2D eigenvalue weighted by Crippen LogP contribution is -2.43. The fourth-order valence-electron chi connectivity index (χ4n) is 6.03. The van der Waals surface area contributed by atoms with Crippen molar-refractivity contribution in [1.82, 2.24) is 0 Å². The van der Waals surface area contributed by atoms with Crippen LogP contribution in [-0.4, -0.2) is 32.0 Å². The molecule has 0 bridgehead atoms. The molecular weight excluding hydrogens is 571 g/mol. The van der Waals surface area contributed by atoms with Crippen LogP contribution in [0.3, 0.4) is 0 Å². The molecule has 0 saturated heterocycles. The van der Waals surface area contributed by atoms with Gasteiger partial charge in [-0.25, -0.2) is 0 Å². The van der Waals surface area contributed by atoms with Crippen LogP contribution in [0.2, 0.25) is 18.1 Å². The standard InChI is InChI=1S/C40H81NO3Si/c1-7-8-9-10-11-12-13-17-20-23-26-29-32-37(39(41)43)33-30-27-24-21-18-15-14-16-19-22-25-28-31-34-38(35-36-42)44-45(5,6)40(2,3)4/h31,34,37-38,42H,7-30,32-33,35-36H2,1-6H3,(H2,41,43)/t37-,38?/m0/s1. The molecule has 0 aromatic carbocycles. The summed E-state index contributed by atoms with van der Waals surface area (Å²) < 4.78 is 6.49. The van der Waals surface area contributed by atoms with E-state index in [1.165, 1.54) is 141 Å². The van der Waals surface area contributed by atoms with Gasteiger partial charge in [-0.3, -0.25) is 4.79 Å². The van der Waals surface area contributed by atoms with Crippen molar-refractivity contribution in [3.8, 4) is 0 Å². The molecule has 0 aliphatic carbocycles. The van der Waals surface area contributed by atoms with E-state index in [1.807, 2.05) is 0 Å². The van der Waals surface area contributed by atoms with Gasteiger partial charge in [0.2, 0.25) is 5.91 Å². The molecule has 0 aliphatic heterocycles. The average Bonchev–Trinajstić information content (AvgIpc) is 2.97. The quantitative estimate of drug-likeness (QED) is 0.0421. The van der Waals surface area contributed by atoms with Gasteiger partial charge in [0.1, 0.15) is 0 Å². The first-order chi connectivity index (χ1) is 21.5. The SMILES string of the molecule is CCCCCCCCCCCCCC[C@@H](CCCCCCCCCCCCCC=CC(CCO)O[Si](C)(C)C(C)(C)C)C(N)=O. The first kappa shape index (κ1) is 44.3. The van der Waals surface area contributed by atoms with Gasteiger partial charge in [-0.1, -0.05) is 181 Å². The number of primary amides is 1. The highest BCUT2D eigenvalue weighted by molar-refractivity contribution is 6.74. The molecule has 5 heteroatoms. The number of carbonyl (C=O) groups is 1. The van der Waals surface area contributed by atoms with Crippen LogP contribution in [0.15, 0.2) is 12.2 Å². The number of hydrogen-bond acceptors (Lipinski definition) is 3. The third-order valence-electron chi connectivity index (χ3n) is 10.2. The van der Waals surface area contributed by atoms with Crippen molar-refractivity contribution >= 4 is 14.2 Å². The molecule has 0 spiro atoms. The van der Waals surface area contributed by atoms with Crippen molar-refractivity contribution in [2.24, 2.45) is 11.7 Å². The highest BCUT2D eigenvalue weighted by atomic mass is 28.4. The highest BCUT2D eigenvalue weighted by Crippen LogP contribution is 2.37. The van der Waals surface area contributed by atoms with Gasteiger partial charge < -0.3 is 15.3 Å². The van der Waals surface area contributed by atoms with Gasteiger partial charge in [0.15, 0.2) is 8.32 Å². The van der Waals surface area contributed by atoms with Gasteiger partial charge in [0, 0.05) is 12.5 Å². The summed E-state index contributed by atoms with van der Waals surface area (Å²) in [6.07, 6.45) is 38.9. The smallest absolute Gasteiger partial charge is 0.220 e. The van der Waals surface area contributed by atoms with Crippen molar-refractivity contribution < 1.29 is 14.3 Å². The van der Waals surface area contributed by atoms with E-state index in [4.69, 9.17) is 10.2 Å². The lowest BCUT2D eigenvalue weighted by Gasteiger charge is -2.38. The normalized spacial score (nSPS) is 13.9. The molecule has 2 atom stereocenters. The molecule has 0 fully saturated rings. The summed E-state index contributed by atoms with van der Waals surface area (Å²) in [4.78, 5) is 11.9. The summed E-state index contributed by atoms with van der Waals surface area (Å²) in [6, 6.07) is 0. The Hall–Kier alpha value is -0.653. The van der Waals surface area contributed by atoms with Gasteiger partial charge in [-0.05, 0) is 50.2 Å². The molecule has 0 aromatic heterocycles. The minimum absolute atomic E-state index is 0.0459. The zero-order valence-electron chi connectivity index (χ0n) is 31.4. The van der Waals surface area contributed by atoms with Crippen LogP contribution in [0, 0.1) is 5.92 Å². The zero-order valence-corrected chi connectivity index (χ0v) is 32.4. The summed E-state index contributed by atoms with van der Waals surface area (Å²) in [7, 11) is -1.81. The van der Waals surface area contributed by atoms with E-state index < -0.39 is 8.32 Å². The minimum Gasteiger partial charge on any atom is -0.410 e. The molecule has 3 N–H and O–H groups in total. The summed E-state index contributed by atoms with van der Waals surface area (Å²) in [5, 5.41) is 9.65. The first-order valence-corrected chi connectivity index (χ1v) is 22.7. The van der Waals surface area contributed by atoms with E-state index in [0.29, 0.717) is 6.42 Å². The number of hydrogen-bond donors (Lipinski definition) is 2. The Morgan fingerprint density at radius 2 is 1.04 bits per heavy atom. The van der Waals surface area contributed by atoms with E-state index in [1.54, 1.807) is 0 Å². The van der Waals surface area contributed by atoms with Crippen molar-refractivity contribution in [2.45, 2.75) is 225 Å². The highest BCUT2D eigenvalue weighted by Gasteiger charge is 2.38. The predicted molar refractivity (Wildman–Crippen MR) is 201 cm³/mol.